The summed E-state index contributed by atoms with van der Waals surface area (Å²) in [5.74, 6) is 0. The van der Waals surface area contributed by atoms with Gasteiger partial charge in [-0.05, 0) is 44.9 Å². The number of nitrogens with one attached hydrogen (secondary N) is 1. The van der Waals surface area contributed by atoms with Crippen LogP contribution in [0.3, 0.4) is 0 Å². The van der Waals surface area contributed by atoms with E-state index in [1.54, 1.807) is 0 Å². The summed E-state index contributed by atoms with van der Waals surface area (Å²) in [6.07, 6.45) is 6.48. The number of rotatable bonds is 3. The summed E-state index contributed by atoms with van der Waals surface area (Å²) < 4.78 is 0. The zero-order valence-corrected chi connectivity index (χ0v) is 10.8. The van der Waals surface area contributed by atoms with Crippen molar-refractivity contribution in [1.29, 1.82) is 0 Å². The van der Waals surface area contributed by atoms with E-state index in [-0.39, 0.29) is 0 Å². The van der Waals surface area contributed by atoms with Gasteiger partial charge >= 0.3 is 0 Å². The lowest BCUT2D eigenvalue weighted by atomic mass is 9.85. The number of aliphatic hydroxyl groups is 1. The molecule has 1 atom stereocenters. The van der Waals surface area contributed by atoms with E-state index in [0.29, 0.717) is 18.0 Å². The molecule has 0 aromatic heterocycles. The molecule has 0 aliphatic heterocycles. The molecule has 2 N–H and O–H groups in total. The molecule has 0 heterocycles. The van der Waals surface area contributed by atoms with E-state index in [0.717, 1.165) is 0 Å². The van der Waals surface area contributed by atoms with Gasteiger partial charge in [0.25, 0.3) is 0 Å². The van der Waals surface area contributed by atoms with Gasteiger partial charge in [0.1, 0.15) is 0 Å². The molecule has 0 saturated heterocycles. The maximum atomic E-state index is 9.66. The Balaban J connectivity index is 2.32. The van der Waals surface area contributed by atoms with Crippen molar-refractivity contribution in [2.75, 3.05) is 6.54 Å². The van der Waals surface area contributed by atoms with E-state index >= 15 is 0 Å². The van der Waals surface area contributed by atoms with E-state index in [4.69, 9.17) is 0 Å². The normalized spacial score (nSPS) is 27.4. The summed E-state index contributed by atoms with van der Waals surface area (Å²) in [5, 5.41) is 13.1. The van der Waals surface area contributed by atoms with Crippen molar-refractivity contribution in [3.05, 3.63) is 0 Å². The van der Waals surface area contributed by atoms with E-state index < -0.39 is 5.60 Å². The van der Waals surface area contributed by atoms with Gasteiger partial charge in [-0.15, -0.1) is 0 Å². The Morgan fingerprint density at radius 2 is 1.93 bits per heavy atom. The van der Waals surface area contributed by atoms with Crippen LogP contribution in [0.1, 0.15) is 59.8 Å². The van der Waals surface area contributed by atoms with Crippen LogP contribution in [-0.4, -0.2) is 23.3 Å². The average Bonchev–Trinajstić information content (AvgIpc) is 2.22. The van der Waals surface area contributed by atoms with Crippen molar-refractivity contribution in [2.45, 2.75) is 71.4 Å². The van der Waals surface area contributed by atoms with Crippen molar-refractivity contribution < 1.29 is 5.11 Å². The SMILES string of the molecule is CC(C)(O)CNC1CCCC(C)(C)CC1. The fourth-order valence-corrected chi connectivity index (χ4v) is 2.26. The Bertz CT molecular complexity index is 193. The highest BCUT2D eigenvalue weighted by Gasteiger charge is 2.25. The molecule has 0 aromatic carbocycles. The first kappa shape index (κ1) is 13.0. The molecule has 1 aliphatic carbocycles. The molecule has 0 spiro atoms. The maximum absolute atomic E-state index is 9.66. The Morgan fingerprint density at radius 3 is 2.53 bits per heavy atom. The van der Waals surface area contributed by atoms with E-state index in [1.165, 1.54) is 32.1 Å². The molecule has 1 aliphatic rings. The molecule has 1 unspecified atom stereocenters. The van der Waals surface area contributed by atoms with Crippen molar-refractivity contribution >= 4 is 0 Å². The van der Waals surface area contributed by atoms with Gasteiger partial charge in [0.15, 0.2) is 0 Å². The highest BCUT2D eigenvalue weighted by atomic mass is 16.3. The molecule has 0 bridgehead atoms. The number of hydrogen-bond donors (Lipinski definition) is 2. The van der Waals surface area contributed by atoms with Crippen LogP contribution < -0.4 is 5.32 Å². The molecule has 1 rings (SSSR count). The molecule has 0 amide bonds. The largest absolute Gasteiger partial charge is 0.389 e. The van der Waals surface area contributed by atoms with Gasteiger partial charge in [-0.25, -0.2) is 0 Å². The molecule has 1 fully saturated rings. The van der Waals surface area contributed by atoms with E-state index in [9.17, 15) is 5.11 Å². The number of hydrogen-bond acceptors (Lipinski definition) is 2. The van der Waals surface area contributed by atoms with Crippen LogP contribution in [0, 0.1) is 5.41 Å². The highest BCUT2D eigenvalue weighted by Crippen LogP contribution is 2.33. The summed E-state index contributed by atoms with van der Waals surface area (Å²) in [5.41, 5.74) is -0.0625. The minimum Gasteiger partial charge on any atom is -0.389 e. The van der Waals surface area contributed by atoms with Gasteiger partial charge < -0.3 is 10.4 Å². The standard InChI is InChI=1S/C13H27NO/c1-12(2)8-5-6-11(7-9-12)14-10-13(3,4)15/h11,14-15H,5-10H2,1-4H3. The summed E-state index contributed by atoms with van der Waals surface area (Å²) in [6.45, 7) is 9.16. The first-order valence-corrected chi connectivity index (χ1v) is 6.24. The molecule has 2 nitrogen and oxygen atoms in total. The van der Waals surface area contributed by atoms with Gasteiger partial charge in [-0.2, -0.15) is 0 Å². The van der Waals surface area contributed by atoms with Crippen LogP contribution in [0.4, 0.5) is 0 Å². The highest BCUT2D eigenvalue weighted by molar-refractivity contribution is 4.81. The van der Waals surface area contributed by atoms with Gasteiger partial charge in [0.05, 0.1) is 5.60 Å². The summed E-state index contributed by atoms with van der Waals surface area (Å²) >= 11 is 0. The van der Waals surface area contributed by atoms with Gasteiger partial charge in [-0.1, -0.05) is 20.3 Å². The van der Waals surface area contributed by atoms with Crippen LogP contribution >= 0.6 is 0 Å². The third-order valence-corrected chi connectivity index (χ3v) is 3.40. The lowest BCUT2D eigenvalue weighted by Crippen LogP contribution is -2.40. The van der Waals surface area contributed by atoms with E-state index in [1.807, 2.05) is 13.8 Å². The van der Waals surface area contributed by atoms with Gasteiger partial charge in [0.2, 0.25) is 0 Å². The third-order valence-electron chi connectivity index (χ3n) is 3.40. The first-order valence-electron chi connectivity index (χ1n) is 6.24. The molecular formula is C13H27NO. The summed E-state index contributed by atoms with van der Waals surface area (Å²) in [7, 11) is 0. The van der Waals surface area contributed by atoms with Crippen LogP contribution in [0.5, 0.6) is 0 Å². The van der Waals surface area contributed by atoms with Crippen molar-refractivity contribution in [1.82, 2.24) is 5.32 Å². The second-order valence-electron chi connectivity index (χ2n) is 6.49. The minimum absolute atomic E-state index is 0.519. The smallest absolute Gasteiger partial charge is 0.0715 e. The summed E-state index contributed by atoms with van der Waals surface area (Å²) in [6, 6.07) is 0.609. The monoisotopic (exact) mass is 213 g/mol. The van der Waals surface area contributed by atoms with Gasteiger partial charge in [-0.3, -0.25) is 0 Å². The first-order chi connectivity index (χ1) is 6.79. The Kier molecular flexibility index (Phi) is 4.19. The molecule has 15 heavy (non-hydrogen) atoms. The zero-order valence-electron chi connectivity index (χ0n) is 10.8. The molecule has 1 saturated carbocycles. The average molecular weight is 213 g/mol. The van der Waals surface area contributed by atoms with Crippen molar-refractivity contribution in [3.8, 4) is 0 Å². The fraction of sp³-hybridized carbons (Fsp3) is 1.00. The van der Waals surface area contributed by atoms with Gasteiger partial charge in [0, 0.05) is 12.6 Å². The zero-order chi connectivity index (χ0) is 11.5. The van der Waals surface area contributed by atoms with Crippen molar-refractivity contribution in [3.63, 3.8) is 0 Å². The topological polar surface area (TPSA) is 32.3 Å². The molecule has 0 radical (unpaired) electrons. The third kappa shape index (κ3) is 5.53. The van der Waals surface area contributed by atoms with Crippen LogP contribution in [0.25, 0.3) is 0 Å². The predicted molar refractivity (Wildman–Crippen MR) is 65.0 cm³/mol. The lowest BCUT2D eigenvalue weighted by Gasteiger charge is -2.24. The second kappa shape index (κ2) is 4.84. The maximum Gasteiger partial charge on any atom is 0.0715 e. The predicted octanol–water partition coefficient (Wildman–Crippen LogP) is 2.71. The fourth-order valence-electron chi connectivity index (χ4n) is 2.26. The minimum atomic E-state index is -0.582. The molecular weight excluding hydrogens is 186 g/mol. The van der Waals surface area contributed by atoms with Crippen molar-refractivity contribution in [2.24, 2.45) is 5.41 Å². The Morgan fingerprint density at radius 1 is 1.27 bits per heavy atom. The quantitative estimate of drug-likeness (QED) is 0.707. The van der Waals surface area contributed by atoms with Crippen LogP contribution in [0.15, 0.2) is 0 Å². The van der Waals surface area contributed by atoms with Crippen LogP contribution in [0.2, 0.25) is 0 Å². The molecule has 2 heteroatoms. The summed E-state index contributed by atoms with van der Waals surface area (Å²) in [4.78, 5) is 0. The second-order valence-corrected chi connectivity index (χ2v) is 6.49. The lowest BCUT2D eigenvalue weighted by molar-refractivity contribution is 0.0756. The van der Waals surface area contributed by atoms with E-state index in [2.05, 4.69) is 19.2 Å². The Hall–Kier alpha value is -0.0800. The Labute approximate surface area is 94.5 Å². The molecule has 0 aromatic rings. The molecule has 90 valence electrons. The van der Waals surface area contributed by atoms with Crippen LogP contribution in [-0.2, 0) is 0 Å².